The van der Waals surface area contributed by atoms with Gasteiger partial charge in [0.05, 0.1) is 16.1 Å². The van der Waals surface area contributed by atoms with Crippen LogP contribution in [0, 0.1) is 0 Å². The van der Waals surface area contributed by atoms with Crippen LogP contribution in [0.25, 0.3) is 64.0 Å². The van der Waals surface area contributed by atoms with Crippen molar-refractivity contribution in [2.45, 2.75) is 19.3 Å². The van der Waals surface area contributed by atoms with Gasteiger partial charge in [-0.15, -0.1) is 11.3 Å². The quantitative estimate of drug-likeness (QED) is 0.184. The fourth-order valence-electron chi connectivity index (χ4n) is 8.32. The van der Waals surface area contributed by atoms with Crippen LogP contribution >= 0.6 is 11.3 Å². The first kappa shape index (κ1) is 28.3. The van der Waals surface area contributed by atoms with Gasteiger partial charge in [0, 0.05) is 32.1 Å². The minimum atomic E-state index is -0.112. The highest BCUT2D eigenvalue weighted by Crippen LogP contribution is 2.53. The molecule has 0 unspecified atom stereocenters. The summed E-state index contributed by atoms with van der Waals surface area (Å²) < 4.78 is 2.60. The number of benzene rings is 8. The largest absolute Gasteiger partial charge is 0.308 e. The maximum atomic E-state index is 2.54. The zero-order valence-electron chi connectivity index (χ0n) is 27.4. The van der Waals surface area contributed by atoms with E-state index in [1.54, 1.807) is 0 Å². The molecule has 2 heteroatoms. The van der Waals surface area contributed by atoms with Gasteiger partial charge in [-0.25, -0.2) is 0 Å². The predicted molar refractivity (Wildman–Crippen MR) is 212 cm³/mol. The molecule has 0 fully saturated rings. The van der Waals surface area contributed by atoms with Crippen molar-refractivity contribution in [2.24, 2.45) is 0 Å². The molecule has 0 saturated carbocycles. The van der Waals surface area contributed by atoms with E-state index in [9.17, 15) is 0 Å². The SMILES string of the molecule is CC1(C)c2ccccc2-c2ccc(N(c3ccc4ccccc4c3-c3cccc4ccccc34)c3cccc4c3sc3ccccc34)cc21. The fourth-order valence-corrected chi connectivity index (χ4v) is 9.53. The first-order chi connectivity index (χ1) is 24.1. The Hall–Kier alpha value is -5.70. The normalized spacial score (nSPS) is 13.3. The number of thiophene rings is 1. The molecule has 0 radical (unpaired) electrons. The number of hydrogen-bond acceptors (Lipinski definition) is 2. The first-order valence-electron chi connectivity index (χ1n) is 17.0. The Morgan fingerprint density at radius 1 is 0.449 bits per heavy atom. The fraction of sp³-hybridized carbons (Fsp3) is 0.0638. The van der Waals surface area contributed by atoms with E-state index >= 15 is 0 Å². The number of rotatable bonds is 4. The maximum Gasteiger partial charge on any atom is 0.0640 e. The molecular weight excluding hydrogens is 611 g/mol. The van der Waals surface area contributed by atoms with Crippen LogP contribution in [-0.4, -0.2) is 0 Å². The van der Waals surface area contributed by atoms with E-state index in [2.05, 4.69) is 183 Å². The van der Waals surface area contributed by atoms with Gasteiger partial charge in [0.1, 0.15) is 0 Å². The van der Waals surface area contributed by atoms with E-state index in [1.165, 1.54) is 92.2 Å². The molecule has 0 amide bonds. The van der Waals surface area contributed by atoms with Gasteiger partial charge in [-0.1, -0.05) is 147 Å². The highest BCUT2D eigenvalue weighted by molar-refractivity contribution is 7.26. The number of nitrogens with zero attached hydrogens (tertiary/aromatic N) is 1. The van der Waals surface area contributed by atoms with Gasteiger partial charge in [0.15, 0.2) is 0 Å². The van der Waals surface area contributed by atoms with Crippen molar-refractivity contribution >= 4 is 70.1 Å². The zero-order chi connectivity index (χ0) is 32.7. The van der Waals surface area contributed by atoms with Crippen LogP contribution in [0.4, 0.5) is 17.1 Å². The molecule has 0 aliphatic heterocycles. The smallest absolute Gasteiger partial charge is 0.0640 e. The van der Waals surface area contributed by atoms with Gasteiger partial charge >= 0.3 is 0 Å². The summed E-state index contributed by atoms with van der Waals surface area (Å²) >= 11 is 1.89. The number of fused-ring (bicyclic) bond motifs is 8. The van der Waals surface area contributed by atoms with E-state index in [1.807, 2.05) is 11.3 Å². The minimum Gasteiger partial charge on any atom is -0.308 e. The molecule has 0 bridgehead atoms. The molecule has 1 aromatic heterocycles. The Morgan fingerprint density at radius 3 is 1.96 bits per heavy atom. The highest BCUT2D eigenvalue weighted by atomic mass is 32.1. The van der Waals surface area contributed by atoms with E-state index in [0.29, 0.717) is 0 Å². The van der Waals surface area contributed by atoms with Gasteiger partial charge in [0.2, 0.25) is 0 Å². The second-order valence-corrected chi connectivity index (χ2v) is 14.7. The van der Waals surface area contributed by atoms with Crippen molar-refractivity contribution < 1.29 is 0 Å². The van der Waals surface area contributed by atoms with Crippen molar-refractivity contribution in [1.82, 2.24) is 0 Å². The third kappa shape index (κ3) is 4.17. The highest BCUT2D eigenvalue weighted by Gasteiger charge is 2.36. The molecule has 0 saturated heterocycles. The van der Waals surface area contributed by atoms with E-state index in [-0.39, 0.29) is 5.41 Å². The Balaban J connectivity index is 1.32. The van der Waals surface area contributed by atoms with Crippen molar-refractivity contribution in [1.29, 1.82) is 0 Å². The minimum absolute atomic E-state index is 0.112. The molecule has 1 nitrogen and oxygen atoms in total. The summed E-state index contributed by atoms with van der Waals surface area (Å²) in [5.41, 5.74) is 11.3. The number of anilines is 3. The Morgan fingerprint density at radius 2 is 1.08 bits per heavy atom. The molecule has 8 aromatic carbocycles. The molecule has 0 atom stereocenters. The van der Waals surface area contributed by atoms with Crippen LogP contribution in [0.3, 0.4) is 0 Å². The van der Waals surface area contributed by atoms with Crippen molar-refractivity contribution in [3.05, 3.63) is 175 Å². The van der Waals surface area contributed by atoms with Crippen molar-refractivity contribution in [3.8, 4) is 22.3 Å². The van der Waals surface area contributed by atoms with Gasteiger partial charge in [-0.3, -0.25) is 0 Å². The molecule has 0 spiro atoms. The Bertz CT molecular complexity index is 2760. The zero-order valence-corrected chi connectivity index (χ0v) is 28.3. The van der Waals surface area contributed by atoms with Crippen LogP contribution in [0.2, 0.25) is 0 Å². The lowest BCUT2D eigenvalue weighted by Crippen LogP contribution is -2.17. The molecule has 232 valence electrons. The summed E-state index contributed by atoms with van der Waals surface area (Å²) in [7, 11) is 0. The second kappa shape index (κ2) is 10.7. The van der Waals surface area contributed by atoms with Crippen LogP contribution in [-0.2, 0) is 5.41 Å². The first-order valence-corrected chi connectivity index (χ1v) is 17.8. The average molecular weight is 644 g/mol. The van der Waals surface area contributed by atoms with E-state index in [4.69, 9.17) is 0 Å². The molecule has 1 aliphatic carbocycles. The molecule has 10 rings (SSSR count). The molecule has 49 heavy (non-hydrogen) atoms. The van der Waals surface area contributed by atoms with Crippen LogP contribution in [0.1, 0.15) is 25.0 Å². The van der Waals surface area contributed by atoms with Crippen LogP contribution in [0.15, 0.2) is 164 Å². The summed E-state index contributed by atoms with van der Waals surface area (Å²) in [5.74, 6) is 0. The third-order valence-corrected chi connectivity index (χ3v) is 11.9. The van der Waals surface area contributed by atoms with Crippen LogP contribution < -0.4 is 4.90 Å². The monoisotopic (exact) mass is 643 g/mol. The average Bonchev–Trinajstić information content (AvgIpc) is 3.64. The van der Waals surface area contributed by atoms with Gasteiger partial charge in [-0.2, -0.15) is 0 Å². The van der Waals surface area contributed by atoms with Crippen molar-refractivity contribution in [2.75, 3.05) is 4.90 Å². The third-order valence-electron chi connectivity index (χ3n) is 10.7. The molecule has 9 aromatic rings. The van der Waals surface area contributed by atoms with Crippen LogP contribution in [0.5, 0.6) is 0 Å². The molecular formula is C47H33NS. The maximum absolute atomic E-state index is 2.54. The summed E-state index contributed by atoms with van der Waals surface area (Å²) in [6.45, 7) is 4.74. The Kier molecular flexibility index (Phi) is 6.16. The standard InChI is InChI=1S/C47H33NS/c1-47(2)40-22-9-7-18-35(40)36-27-26-32(29-41(36)47)48(43-23-12-21-39-37-19-8-10-24-44(37)49-46(39)43)42-28-25-31-14-4-6-17-34(31)45(42)38-20-11-15-30-13-3-5-16-33(30)38/h3-29H,1-2H3. The van der Waals surface area contributed by atoms with Gasteiger partial charge in [0.25, 0.3) is 0 Å². The molecule has 1 aliphatic rings. The topological polar surface area (TPSA) is 3.24 Å². The van der Waals surface area contributed by atoms with E-state index in [0.717, 1.165) is 0 Å². The summed E-state index contributed by atoms with van der Waals surface area (Å²) in [4.78, 5) is 2.54. The van der Waals surface area contributed by atoms with Gasteiger partial charge < -0.3 is 4.90 Å². The molecule has 0 N–H and O–H groups in total. The van der Waals surface area contributed by atoms with Gasteiger partial charge in [-0.05, 0) is 79.7 Å². The van der Waals surface area contributed by atoms with E-state index < -0.39 is 0 Å². The lowest BCUT2D eigenvalue weighted by Gasteiger charge is -2.31. The molecule has 1 heterocycles. The second-order valence-electron chi connectivity index (χ2n) is 13.7. The summed E-state index contributed by atoms with van der Waals surface area (Å²) in [6.07, 6.45) is 0. The van der Waals surface area contributed by atoms with Crippen molar-refractivity contribution in [3.63, 3.8) is 0 Å². The summed E-state index contributed by atoms with van der Waals surface area (Å²) in [5, 5.41) is 7.59. The lowest BCUT2D eigenvalue weighted by molar-refractivity contribution is 0.660. The number of hydrogen-bond donors (Lipinski definition) is 0. The Labute approximate surface area is 290 Å². The summed E-state index contributed by atoms with van der Waals surface area (Å²) in [6, 6.07) is 60.7. The predicted octanol–water partition coefficient (Wildman–Crippen LogP) is 13.8. The lowest BCUT2D eigenvalue weighted by atomic mass is 9.82.